The summed E-state index contributed by atoms with van der Waals surface area (Å²) >= 11 is 0. The molecule has 0 aliphatic heterocycles. The molecule has 1 saturated carbocycles. The zero-order chi connectivity index (χ0) is 11.5. The summed E-state index contributed by atoms with van der Waals surface area (Å²) in [6, 6.07) is 0. The topological polar surface area (TPSA) is 32.3 Å². The number of aliphatic hydroxyl groups is 1. The van der Waals surface area contributed by atoms with E-state index in [1.165, 1.54) is 19.3 Å². The van der Waals surface area contributed by atoms with Crippen LogP contribution >= 0.6 is 0 Å². The number of nitrogens with one attached hydrogen (secondary N) is 1. The summed E-state index contributed by atoms with van der Waals surface area (Å²) in [5, 5.41) is 13.5. The van der Waals surface area contributed by atoms with Gasteiger partial charge in [-0.2, -0.15) is 0 Å². The largest absolute Gasteiger partial charge is 0.389 e. The van der Waals surface area contributed by atoms with E-state index in [4.69, 9.17) is 0 Å². The highest BCUT2D eigenvalue weighted by Crippen LogP contribution is 2.30. The molecule has 0 aromatic heterocycles. The predicted molar refractivity (Wildman–Crippen MR) is 64.8 cm³/mol. The molecule has 3 atom stereocenters. The van der Waals surface area contributed by atoms with Crippen LogP contribution in [0.5, 0.6) is 0 Å². The van der Waals surface area contributed by atoms with Crippen LogP contribution in [-0.2, 0) is 0 Å². The van der Waals surface area contributed by atoms with Crippen molar-refractivity contribution in [2.75, 3.05) is 13.1 Å². The Kier molecular flexibility index (Phi) is 4.60. The van der Waals surface area contributed by atoms with Crippen molar-refractivity contribution in [1.82, 2.24) is 5.32 Å². The number of hydrogen-bond acceptors (Lipinski definition) is 2. The minimum atomic E-state index is -0.568. The number of rotatable bonds is 5. The third-order valence-electron chi connectivity index (χ3n) is 4.17. The molecule has 1 rings (SSSR count). The van der Waals surface area contributed by atoms with Crippen molar-refractivity contribution in [3.05, 3.63) is 0 Å². The molecule has 0 aromatic carbocycles. The second kappa shape index (κ2) is 5.31. The summed E-state index contributed by atoms with van der Waals surface area (Å²) in [6.07, 6.45) is 4.12. The van der Waals surface area contributed by atoms with Crippen LogP contribution in [0.4, 0.5) is 0 Å². The van der Waals surface area contributed by atoms with Gasteiger partial charge in [-0.1, -0.05) is 33.6 Å². The first-order valence-corrected chi connectivity index (χ1v) is 6.36. The van der Waals surface area contributed by atoms with E-state index in [0.29, 0.717) is 12.5 Å². The van der Waals surface area contributed by atoms with Crippen molar-refractivity contribution >= 4 is 0 Å². The Morgan fingerprint density at radius 1 is 1.40 bits per heavy atom. The first kappa shape index (κ1) is 13.0. The van der Waals surface area contributed by atoms with E-state index in [0.717, 1.165) is 18.4 Å². The standard InChI is InChI=1S/C13H27NO/c1-10(2)13(4,15)9-14-8-12-7-5-6-11(12)3/h10-12,14-15H,5-9H2,1-4H3. The van der Waals surface area contributed by atoms with Crippen LogP contribution in [-0.4, -0.2) is 23.8 Å². The van der Waals surface area contributed by atoms with Crippen molar-refractivity contribution in [2.24, 2.45) is 17.8 Å². The van der Waals surface area contributed by atoms with E-state index in [1.54, 1.807) is 0 Å². The minimum Gasteiger partial charge on any atom is -0.389 e. The molecule has 2 heteroatoms. The fraction of sp³-hybridized carbons (Fsp3) is 1.00. The first-order chi connectivity index (χ1) is 6.93. The molecule has 0 saturated heterocycles. The molecule has 0 heterocycles. The van der Waals surface area contributed by atoms with Gasteiger partial charge in [0.1, 0.15) is 0 Å². The van der Waals surface area contributed by atoms with Crippen molar-refractivity contribution in [3.8, 4) is 0 Å². The normalized spacial score (nSPS) is 30.8. The smallest absolute Gasteiger partial charge is 0.0766 e. The zero-order valence-corrected chi connectivity index (χ0v) is 10.7. The lowest BCUT2D eigenvalue weighted by Crippen LogP contribution is -2.43. The van der Waals surface area contributed by atoms with E-state index in [-0.39, 0.29) is 0 Å². The van der Waals surface area contributed by atoms with Gasteiger partial charge in [-0.15, -0.1) is 0 Å². The molecule has 3 unspecified atom stereocenters. The Balaban J connectivity index is 2.21. The van der Waals surface area contributed by atoms with Gasteiger partial charge in [0, 0.05) is 6.54 Å². The summed E-state index contributed by atoms with van der Waals surface area (Å²) in [6.45, 7) is 10.2. The SMILES string of the molecule is CC1CCCC1CNCC(C)(O)C(C)C. The lowest BCUT2D eigenvalue weighted by molar-refractivity contribution is 0.0133. The van der Waals surface area contributed by atoms with Crippen LogP contribution in [0.1, 0.15) is 47.0 Å². The summed E-state index contributed by atoms with van der Waals surface area (Å²) in [7, 11) is 0. The number of hydrogen-bond donors (Lipinski definition) is 2. The van der Waals surface area contributed by atoms with Gasteiger partial charge >= 0.3 is 0 Å². The molecule has 2 N–H and O–H groups in total. The van der Waals surface area contributed by atoms with Crippen LogP contribution in [0.25, 0.3) is 0 Å². The predicted octanol–water partition coefficient (Wildman–Crippen LogP) is 2.42. The molecule has 0 spiro atoms. The average molecular weight is 213 g/mol. The fourth-order valence-electron chi connectivity index (χ4n) is 2.24. The van der Waals surface area contributed by atoms with Crippen LogP contribution in [0.3, 0.4) is 0 Å². The molecule has 0 radical (unpaired) electrons. The van der Waals surface area contributed by atoms with Gasteiger partial charge in [0.05, 0.1) is 5.60 Å². The lowest BCUT2D eigenvalue weighted by atomic mass is 9.92. The van der Waals surface area contributed by atoms with Gasteiger partial charge in [-0.3, -0.25) is 0 Å². The Bertz CT molecular complexity index is 189. The van der Waals surface area contributed by atoms with Crippen LogP contribution < -0.4 is 5.32 Å². The molecule has 0 bridgehead atoms. The lowest BCUT2D eigenvalue weighted by Gasteiger charge is -2.29. The third kappa shape index (κ3) is 3.76. The molecule has 0 aromatic rings. The maximum atomic E-state index is 10.1. The van der Waals surface area contributed by atoms with Gasteiger partial charge in [-0.05, 0) is 37.6 Å². The average Bonchev–Trinajstić information content (AvgIpc) is 2.51. The monoisotopic (exact) mass is 213 g/mol. The van der Waals surface area contributed by atoms with E-state index in [2.05, 4.69) is 26.1 Å². The zero-order valence-electron chi connectivity index (χ0n) is 10.7. The highest BCUT2D eigenvalue weighted by molar-refractivity contribution is 4.81. The van der Waals surface area contributed by atoms with Gasteiger partial charge in [0.25, 0.3) is 0 Å². The van der Waals surface area contributed by atoms with E-state index in [9.17, 15) is 5.11 Å². The van der Waals surface area contributed by atoms with Crippen molar-refractivity contribution < 1.29 is 5.11 Å². The summed E-state index contributed by atoms with van der Waals surface area (Å²) in [4.78, 5) is 0. The molecule has 1 aliphatic rings. The van der Waals surface area contributed by atoms with E-state index in [1.807, 2.05) is 6.92 Å². The second-order valence-corrected chi connectivity index (χ2v) is 5.81. The van der Waals surface area contributed by atoms with Crippen LogP contribution in [0, 0.1) is 17.8 Å². The van der Waals surface area contributed by atoms with E-state index < -0.39 is 5.60 Å². The molecular formula is C13H27NO. The summed E-state index contributed by atoms with van der Waals surface area (Å²) < 4.78 is 0. The maximum absolute atomic E-state index is 10.1. The van der Waals surface area contributed by atoms with Gasteiger partial charge in [0.2, 0.25) is 0 Å². The van der Waals surface area contributed by atoms with Gasteiger partial charge < -0.3 is 10.4 Å². The Morgan fingerprint density at radius 3 is 2.53 bits per heavy atom. The Labute approximate surface area is 94.5 Å². The third-order valence-corrected chi connectivity index (χ3v) is 4.17. The van der Waals surface area contributed by atoms with Gasteiger partial charge in [0.15, 0.2) is 0 Å². The van der Waals surface area contributed by atoms with Gasteiger partial charge in [-0.25, -0.2) is 0 Å². The molecule has 90 valence electrons. The summed E-state index contributed by atoms with van der Waals surface area (Å²) in [5.74, 6) is 2.00. The summed E-state index contributed by atoms with van der Waals surface area (Å²) in [5.41, 5.74) is -0.568. The quantitative estimate of drug-likeness (QED) is 0.735. The molecular weight excluding hydrogens is 186 g/mol. The van der Waals surface area contributed by atoms with Crippen LogP contribution in [0.15, 0.2) is 0 Å². The molecule has 1 aliphatic carbocycles. The van der Waals surface area contributed by atoms with Crippen molar-refractivity contribution in [1.29, 1.82) is 0 Å². The Morgan fingerprint density at radius 2 is 2.07 bits per heavy atom. The van der Waals surface area contributed by atoms with Crippen molar-refractivity contribution in [2.45, 2.75) is 52.6 Å². The maximum Gasteiger partial charge on any atom is 0.0766 e. The first-order valence-electron chi connectivity index (χ1n) is 6.36. The van der Waals surface area contributed by atoms with Crippen LogP contribution in [0.2, 0.25) is 0 Å². The minimum absolute atomic E-state index is 0.311. The molecule has 0 amide bonds. The molecule has 1 fully saturated rings. The Hall–Kier alpha value is -0.0800. The molecule has 15 heavy (non-hydrogen) atoms. The fourth-order valence-corrected chi connectivity index (χ4v) is 2.24. The highest BCUT2D eigenvalue weighted by Gasteiger charge is 2.26. The second-order valence-electron chi connectivity index (χ2n) is 5.81. The van der Waals surface area contributed by atoms with Crippen molar-refractivity contribution in [3.63, 3.8) is 0 Å². The highest BCUT2D eigenvalue weighted by atomic mass is 16.3. The molecule has 2 nitrogen and oxygen atoms in total. The van der Waals surface area contributed by atoms with E-state index >= 15 is 0 Å².